The Bertz CT molecular complexity index is 382. The highest BCUT2D eigenvalue weighted by Gasteiger charge is 2.06. The van der Waals surface area contributed by atoms with Crippen LogP contribution in [0.5, 0.6) is 11.5 Å². The fourth-order valence-corrected chi connectivity index (χ4v) is 1.54. The molecule has 0 bridgehead atoms. The summed E-state index contributed by atoms with van der Waals surface area (Å²) >= 11 is 3.35. The van der Waals surface area contributed by atoms with E-state index in [2.05, 4.69) is 21.2 Å². The second kappa shape index (κ2) is 7.17. The largest absolute Gasteiger partial charge is 0.497 e. The zero-order valence-corrected chi connectivity index (χ0v) is 11.5. The van der Waals surface area contributed by atoms with Crippen LogP contribution in [0.15, 0.2) is 22.7 Å². The van der Waals surface area contributed by atoms with Gasteiger partial charge in [-0.3, -0.25) is 4.79 Å². The number of carbonyl (C=O) groups is 1. The molecule has 4 nitrogen and oxygen atoms in total. The number of hydrogen-bond acceptors (Lipinski definition) is 3. The van der Waals surface area contributed by atoms with Crippen LogP contribution in [0.3, 0.4) is 0 Å². The maximum Gasteiger partial charge on any atom is 0.257 e. The van der Waals surface area contributed by atoms with Crippen LogP contribution in [-0.2, 0) is 4.79 Å². The predicted molar refractivity (Wildman–Crippen MR) is 69.5 cm³/mol. The van der Waals surface area contributed by atoms with Crippen LogP contribution >= 0.6 is 15.9 Å². The zero-order chi connectivity index (χ0) is 12.7. The first-order valence-electron chi connectivity index (χ1n) is 5.40. The molecule has 0 radical (unpaired) electrons. The van der Waals surface area contributed by atoms with Gasteiger partial charge in [0, 0.05) is 12.6 Å². The van der Waals surface area contributed by atoms with Gasteiger partial charge in [-0.25, -0.2) is 0 Å². The number of halogens is 1. The third kappa shape index (κ3) is 4.65. The van der Waals surface area contributed by atoms with Crippen LogP contribution < -0.4 is 14.8 Å². The molecule has 17 heavy (non-hydrogen) atoms. The molecule has 0 aliphatic heterocycles. The van der Waals surface area contributed by atoms with E-state index >= 15 is 0 Å². The first-order valence-corrected chi connectivity index (χ1v) is 6.19. The Morgan fingerprint density at radius 2 is 2.24 bits per heavy atom. The normalized spacial score (nSPS) is 9.82. The van der Waals surface area contributed by atoms with Gasteiger partial charge in [-0.05, 0) is 34.5 Å². The summed E-state index contributed by atoms with van der Waals surface area (Å²) in [4.78, 5) is 11.4. The Morgan fingerprint density at radius 1 is 1.47 bits per heavy atom. The molecule has 1 N–H and O–H groups in total. The summed E-state index contributed by atoms with van der Waals surface area (Å²) in [6.45, 7) is 2.67. The molecule has 0 aromatic heterocycles. The quantitative estimate of drug-likeness (QED) is 0.877. The van der Waals surface area contributed by atoms with Gasteiger partial charge in [0.15, 0.2) is 6.61 Å². The summed E-state index contributed by atoms with van der Waals surface area (Å²) in [5.41, 5.74) is 0. The van der Waals surface area contributed by atoms with Crippen LogP contribution in [0.25, 0.3) is 0 Å². The number of methoxy groups -OCH3 is 1. The molecular weight excluding hydrogens is 286 g/mol. The van der Waals surface area contributed by atoms with Crippen LogP contribution in [0.2, 0.25) is 0 Å². The van der Waals surface area contributed by atoms with E-state index in [1.54, 1.807) is 13.2 Å². The van der Waals surface area contributed by atoms with Crippen molar-refractivity contribution in [2.24, 2.45) is 0 Å². The molecule has 5 heteroatoms. The third-order valence-electron chi connectivity index (χ3n) is 2.07. The van der Waals surface area contributed by atoms with Gasteiger partial charge in [-0.15, -0.1) is 0 Å². The van der Waals surface area contributed by atoms with E-state index in [1.807, 2.05) is 19.1 Å². The van der Waals surface area contributed by atoms with Crippen molar-refractivity contribution in [3.63, 3.8) is 0 Å². The molecule has 1 aromatic rings. The van der Waals surface area contributed by atoms with Crippen LogP contribution in [0.4, 0.5) is 0 Å². The highest BCUT2D eigenvalue weighted by Crippen LogP contribution is 2.29. The van der Waals surface area contributed by atoms with E-state index in [-0.39, 0.29) is 12.5 Å². The molecule has 0 heterocycles. The lowest BCUT2D eigenvalue weighted by molar-refractivity contribution is -0.123. The van der Waals surface area contributed by atoms with Gasteiger partial charge in [-0.1, -0.05) is 6.92 Å². The van der Waals surface area contributed by atoms with Crippen molar-refractivity contribution < 1.29 is 14.3 Å². The average molecular weight is 302 g/mol. The number of hydrogen-bond donors (Lipinski definition) is 1. The Kier molecular flexibility index (Phi) is 5.83. The SMILES string of the molecule is CCCNC(=O)COc1cc(OC)ccc1Br. The first kappa shape index (κ1) is 13.8. The summed E-state index contributed by atoms with van der Waals surface area (Å²) in [6, 6.07) is 5.36. The molecule has 0 spiro atoms. The highest BCUT2D eigenvalue weighted by atomic mass is 79.9. The molecule has 0 aliphatic rings. The van der Waals surface area contributed by atoms with E-state index in [4.69, 9.17) is 9.47 Å². The Balaban J connectivity index is 2.53. The molecular formula is C12H16BrNO3. The number of carbonyl (C=O) groups excluding carboxylic acids is 1. The summed E-state index contributed by atoms with van der Waals surface area (Å²) in [5.74, 6) is 1.16. The molecule has 1 rings (SSSR count). The topological polar surface area (TPSA) is 47.6 Å². The molecule has 94 valence electrons. The second-order valence-electron chi connectivity index (χ2n) is 3.43. The fraction of sp³-hybridized carbons (Fsp3) is 0.417. The lowest BCUT2D eigenvalue weighted by atomic mass is 10.3. The monoisotopic (exact) mass is 301 g/mol. The lowest BCUT2D eigenvalue weighted by Gasteiger charge is -2.09. The maximum atomic E-state index is 11.4. The predicted octanol–water partition coefficient (Wildman–Crippen LogP) is 2.36. The molecule has 0 fully saturated rings. The number of amides is 1. The molecule has 0 aliphatic carbocycles. The van der Waals surface area contributed by atoms with Gasteiger partial charge < -0.3 is 14.8 Å². The minimum atomic E-state index is -0.124. The summed E-state index contributed by atoms with van der Waals surface area (Å²) in [5, 5.41) is 2.74. The van der Waals surface area contributed by atoms with Crippen molar-refractivity contribution in [3.05, 3.63) is 22.7 Å². The van der Waals surface area contributed by atoms with Crippen molar-refractivity contribution in [1.82, 2.24) is 5.32 Å². The van der Waals surface area contributed by atoms with Crippen molar-refractivity contribution in [1.29, 1.82) is 0 Å². The van der Waals surface area contributed by atoms with E-state index < -0.39 is 0 Å². The maximum absolute atomic E-state index is 11.4. The number of benzene rings is 1. The summed E-state index contributed by atoms with van der Waals surface area (Å²) in [6.07, 6.45) is 0.911. The van der Waals surface area contributed by atoms with Crippen LogP contribution in [0, 0.1) is 0 Å². The average Bonchev–Trinajstić information content (AvgIpc) is 2.35. The van der Waals surface area contributed by atoms with Gasteiger partial charge in [0.25, 0.3) is 5.91 Å². The standard InChI is InChI=1S/C12H16BrNO3/c1-3-6-14-12(15)8-17-11-7-9(16-2)4-5-10(11)13/h4-5,7H,3,6,8H2,1-2H3,(H,14,15). The van der Waals surface area contributed by atoms with Gasteiger partial charge in [0.05, 0.1) is 11.6 Å². The fourth-order valence-electron chi connectivity index (χ4n) is 1.18. The van der Waals surface area contributed by atoms with Crippen molar-refractivity contribution in [2.45, 2.75) is 13.3 Å². The van der Waals surface area contributed by atoms with Gasteiger partial charge in [0.1, 0.15) is 11.5 Å². The van der Waals surface area contributed by atoms with E-state index in [9.17, 15) is 4.79 Å². The molecule has 1 aromatic carbocycles. The summed E-state index contributed by atoms with van der Waals surface area (Å²) in [7, 11) is 1.58. The van der Waals surface area contributed by atoms with Crippen LogP contribution in [-0.4, -0.2) is 26.2 Å². The minimum Gasteiger partial charge on any atom is -0.497 e. The Hall–Kier alpha value is -1.23. The summed E-state index contributed by atoms with van der Waals surface area (Å²) < 4.78 is 11.3. The van der Waals surface area contributed by atoms with Gasteiger partial charge in [0.2, 0.25) is 0 Å². The first-order chi connectivity index (χ1) is 8.17. The van der Waals surface area contributed by atoms with Crippen molar-refractivity contribution in [2.75, 3.05) is 20.3 Å². The smallest absolute Gasteiger partial charge is 0.257 e. The Labute approximate surface area is 109 Å². The zero-order valence-electron chi connectivity index (χ0n) is 9.96. The number of nitrogens with one attached hydrogen (secondary N) is 1. The molecule has 0 saturated heterocycles. The van der Waals surface area contributed by atoms with Gasteiger partial charge >= 0.3 is 0 Å². The third-order valence-corrected chi connectivity index (χ3v) is 2.72. The van der Waals surface area contributed by atoms with Crippen LogP contribution in [0.1, 0.15) is 13.3 Å². The van der Waals surface area contributed by atoms with Gasteiger partial charge in [-0.2, -0.15) is 0 Å². The second-order valence-corrected chi connectivity index (χ2v) is 4.29. The van der Waals surface area contributed by atoms with E-state index in [0.29, 0.717) is 18.0 Å². The van der Waals surface area contributed by atoms with Crippen molar-refractivity contribution >= 4 is 21.8 Å². The lowest BCUT2D eigenvalue weighted by Crippen LogP contribution is -2.29. The van der Waals surface area contributed by atoms with E-state index in [0.717, 1.165) is 10.9 Å². The van der Waals surface area contributed by atoms with E-state index in [1.165, 1.54) is 0 Å². The molecule has 0 saturated carbocycles. The van der Waals surface area contributed by atoms with Crippen molar-refractivity contribution in [3.8, 4) is 11.5 Å². The molecule has 0 atom stereocenters. The Morgan fingerprint density at radius 3 is 2.88 bits per heavy atom. The number of rotatable bonds is 6. The number of ether oxygens (including phenoxy) is 2. The molecule has 0 unspecified atom stereocenters. The highest BCUT2D eigenvalue weighted by molar-refractivity contribution is 9.10. The minimum absolute atomic E-state index is 0.00572. The molecule has 1 amide bonds.